The van der Waals surface area contributed by atoms with Gasteiger partial charge in [-0.05, 0) is 31.9 Å². The van der Waals surface area contributed by atoms with Gasteiger partial charge in [0, 0.05) is 18.3 Å². The minimum atomic E-state index is -0.198. The summed E-state index contributed by atoms with van der Waals surface area (Å²) in [5.74, 6) is 0.826. The number of carbonyl (C=O) groups excluding carboxylic acids is 1. The van der Waals surface area contributed by atoms with Gasteiger partial charge in [-0.25, -0.2) is 4.98 Å². The van der Waals surface area contributed by atoms with Crippen LogP contribution in [0.3, 0.4) is 0 Å². The smallest absolute Gasteiger partial charge is 0.252 e. The van der Waals surface area contributed by atoms with Gasteiger partial charge in [-0.1, -0.05) is 32.0 Å². The lowest BCUT2D eigenvalue weighted by atomic mass is 10.0. The zero-order valence-corrected chi connectivity index (χ0v) is 16.7. The van der Waals surface area contributed by atoms with Crippen LogP contribution in [0.15, 0.2) is 30.3 Å². The van der Waals surface area contributed by atoms with Crippen molar-refractivity contribution < 1.29 is 9.53 Å². The number of amides is 1. The highest BCUT2D eigenvalue weighted by Crippen LogP contribution is 2.27. The third-order valence-electron chi connectivity index (χ3n) is 4.78. The first-order chi connectivity index (χ1) is 12.8. The minimum Gasteiger partial charge on any atom is -0.496 e. The van der Waals surface area contributed by atoms with Gasteiger partial charge in [0.25, 0.3) is 5.91 Å². The molecule has 0 bridgehead atoms. The monoisotopic (exact) mass is 366 g/mol. The van der Waals surface area contributed by atoms with Crippen LogP contribution in [0, 0.1) is 6.92 Å². The number of benzene rings is 1. The van der Waals surface area contributed by atoms with E-state index in [-0.39, 0.29) is 17.9 Å². The fourth-order valence-electron chi connectivity index (χ4n) is 3.32. The minimum absolute atomic E-state index is 0.140. The standard InChI is InChI=1S/C21H26N4O2/c1-12(2)17-11-16(19-14(4)24-25(5)20(19)23-17)21(26)22-13(3)15-9-7-8-10-18(15)27-6/h7-13H,1-6H3,(H,22,26). The highest BCUT2D eigenvalue weighted by atomic mass is 16.5. The highest BCUT2D eigenvalue weighted by Gasteiger charge is 2.21. The summed E-state index contributed by atoms with van der Waals surface area (Å²) in [6.45, 7) is 7.99. The molecule has 0 saturated heterocycles. The Kier molecular flexibility index (Phi) is 5.17. The first-order valence-corrected chi connectivity index (χ1v) is 9.11. The molecule has 1 unspecified atom stereocenters. The van der Waals surface area contributed by atoms with E-state index in [0.29, 0.717) is 5.56 Å². The molecule has 1 atom stereocenters. The van der Waals surface area contributed by atoms with Crippen molar-refractivity contribution in [2.45, 2.75) is 39.7 Å². The van der Waals surface area contributed by atoms with Gasteiger partial charge < -0.3 is 10.1 Å². The number of methoxy groups -OCH3 is 1. The second kappa shape index (κ2) is 7.39. The van der Waals surface area contributed by atoms with Crippen molar-refractivity contribution in [3.8, 4) is 5.75 Å². The van der Waals surface area contributed by atoms with Gasteiger partial charge in [-0.15, -0.1) is 0 Å². The number of carbonyl (C=O) groups is 1. The number of fused-ring (bicyclic) bond motifs is 1. The second-order valence-electron chi connectivity index (χ2n) is 7.09. The lowest BCUT2D eigenvalue weighted by Gasteiger charge is -2.18. The molecule has 0 saturated carbocycles. The topological polar surface area (TPSA) is 69.0 Å². The molecule has 0 aliphatic carbocycles. The van der Waals surface area contributed by atoms with Crippen LogP contribution in [0.4, 0.5) is 0 Å². The summed E-state index contributed by atoms with van der Waals surface area (Å²) in [4.78, 5) is 17.9. The molecule has 3 aromatic rings. The first-order valence-electron chi connectivity index (χ1n) is 9.11. The molecule has 0 aliphatic rings. The number of hydrogen-bond acceptors (Lipinski definition) is 4. The van der Waals surface area contributed by atoms with Gasteiger partial charge in [0.15, 0.2) is 5.65 Å². The molecule has 1 N–H and O–H groups in total. The Hall–Kier alpha value is -2.89. The number of aromatic nitrogens is 3. The van der Waals surface area contributed by atoms with E-state index in [1.54, 1.807) is 11.8 Å². The van der Waals surface area contributed by atoms with Crippen molar-refractivity contribution in [3.63, 3.8) is 0 Å². The van der Waals surface area contributed by atoms with Crippen molar-refractivity contribution in [2.24, 2.45) is 7.05 Å². The largest absolute Gasteiger partial charge is 0.496 e. The summed E-state index contributed by atoms with van der Waals surface area (Å²) < 4.78 is 7.16. The third-order valence-corrected chi connectivity index (χ3v) is 4.78. The van der Waals surface area contributed by atoms with Gasteiger partial charge in [0.05, 0.1) is 29.8 Å². The molecule has 27 heavy (non-hydrogen) atoms. The van der Waals surface area contributed by atoms with Crippen molar-refractivity contribution in [3.05, 3.63) is 52.8 Å². The van der Waals surface area contributed by atoms with E-state index < -0.39 is 0 Å². The van der Waals surface area contributed by atoms with E-state index in [9.17, 15) is 4.79 Å². The van der Waals surface area contributed by atoms with E-state index in [1.807, 2.05) is 51.2 Å². The Balaban J connectivity index is 2.02. The Morgan fingerprint density at radius 3 is 2.59 bits per heavy atom. The predicted molar refractivity (Wildman–Crippen MR) is 106 cm³/mol. The molecule has 0 spiro atoms. The zero-order valence-electron chi connectivity index (χ0n) is 16.7. The van der Waals surface area contributed by atoms with E-state index in [2.05, 4.69) is 24.3 Å². The van der Waals surface area contributed by atoms with Gasteiger partial charge in [-0.3, -0.25) is 9.48 Å². The summed E-state index contributed by atoms with van der Waals surface area (Å²) in [6, 6.07) is 9.39. The second-order valence-corrected chi connectivity index (χ2v) is 7.09. The SMILES string of the molecule is COc1ccccc1C(C)NC(=O)c1cc(C(C)C)nc2c1c(C)nn2C. The van der Waals surface area contributed by atoms with E-state index in [1.165, 1.54) is 0 Å². The van der Waals surface area contributed by atoms with Crippen LogP contribution in [0.5, 0.6) is 5.75 Å². The number of ether oxygens (including phenoxy) is 1. The van der Waals surface area contributed by atoms with E-state index in [4.69, 9.17) is 9.72 Å². The van der Waals surface area contributed by atoms with E-state index >= 15 is 0 Å². The molecule has 6 heteroatoms. The number of para-hydroxylation sites is 1. The van der Waals surface area contributed by atoms with E-state index in [0.717, 1.165) is 33.7 Å². The first kappa shape index (κ1) is 18.9. The predicted octanol–water partition coefficient (Wildman–Crippen LogP) is 3.90. The molecule has 1 amide bonds. The quantitative estimate of drug-likeness (QED) is 0.743. The Morgan fingerprint density at radius 1 is 1.22 bits per heavy atom. The number of rotatable bonds is 5. The summed E-state index contributed by atoms with van der Waals surface area (Å²) >= 11 is 0. The van der Waals surface area contributed by atoms with Crippen LogP contribution < -0.4 is 10.1 Å². The summed E-state index contributed by atoms with van der Waals surface area (Å²) in [6.07, 6.45) is 0. The Morgan fingerprint density at radius 2 is 1.93 bits per heavy atom. The van der Waals surface area contributed by atoms with Crippen molar-refractivity contribution in [1.29, 1.82) is 0 Å². The molecular weight excluding hydrogens is 340 g/mol. The number of hydrogen-bond donors (Lipinski definition) is 1. The maximum absolute atomic E-state index is 13.2. The van der Waals surface area contributed by atoms with Gasteiger partial charge >= 0.3 is 0 Å². The lowest BCUT2D eigenvalue weighted by Crippen LogP contribution is -2.27. The maximum Gasteiger partial charge on any atom is 0.252 e. The Labute approximate surface area is 159 Å². The molecular formula is C21H26N4O2. The Bertz CT molecular complexity index is 991. The molecule has 0 fully saturated rings. The van der Waals surface area contributed by atoms with Crippen LogP contribution in [0.25, 0.3) is 11.0 Å². The average molecular weight is 366 g/mol. The van der Waals surface area contributed by atoms with Crippen molar-refractivity contribution in [2.75, 3.05) is 7.11 Å². The molecule has 142 valence electrons. The fourth-order valence-corrected chi connectivity index (χ4v) is 3.32. The molecule has 0 radical (unpaired) electrons. The van der Waals surface area contributed by atoms with Gasteiger partial charge in [0.1, 0.15) is 5.75 Å². The van der Waals surface area contributed by atoms with Crippen LogP contribution in [-0.2, 0) is 7.05 Å². The van der Waals surface area contributed by atoms with Crippen molar-refractivity contribution in [1.82, 2.24) is 20.1 Å². The number of aryl methyl sites for hydroxylation is 2. The molecule has 2 heterocycles. The number of nitrogens with one attached hydrogen (secondary N) is 1. The molecule has 2 aromatic heterocycles. The van der Waals surface area contributed by atoms with Crippen LogP contribution >= 0.6 is 0 Å². The molecule has 0 aliphatic heterocycles. The van der Waals surface area contributed by atoms with Crippen LogP contribution in [-0.4, -0.2) is 27.8 Å². The normalized spacial score (nSPS) is 12.4. The molecule has 3 rings (SSSR count). The van der Waals surface area contributed by atoms with Crippen molar-refractivity contribution >= 4 is 16.9 Å². The van der Waals surface area contributed by atoms with Crippen LogP contribution in [0.1, 0.15) is 60.0 Å². The van der Waals surface area contributed by atoms with Gasteiger partial charge in [-0.2, -0.15) is 5.10 Å². The van der Waals surface area contributed by atoms with Gasteiger partial charge in [0.2, 0.25) is 0 Å². The zero-order chi connectivity index (χ0) is 19.7. The highest BCUT2D eigenvalue weighted by molar-refractivity contribution is 6.06. The molecule has 6 nitrogen and oxygen atoms in total. The maximum atomic E-state index is 13.2. The van der Waals surface area contributed by atoms with Crippen LogP contribution in [0.2, 0.25) is 0 Å². The summed E-state index contributed by atoms with van der Waals surface area (Å²) in [5, 5.41) is 8.35. The summed E-state index contributed by atoms with van der Waals surface area (Å²) in [5.41, 5.74) is 3.95. The average Bonchev–Trinajstić information content (AvgIpc) is 2.94. The third kappa shape index (κ3) is 3.52. The number of pyridine rings is 1. The summed E-state index contributed by atoms with van der Waals surface area (Å²) in [7, 11) is 3.49. The lowest BCUT2D eigenvalue weighted by molar-refractivity contribution is 0.0941. The number of nitrogens with zero attached hydrogens (tertiary/aromatic N) is 3. The fraction of sp³-hybridized carbons (Fsp3) is 0.381. The molecule has 1 aromatic carbocycles.